The van der Waals surface area contributed by atoms with Crippen LogP contribution in [0.15, 0.2) is 0 Å². The number of carbonyl (C=O) groups is 2. The Balaban J connectivity index is 3.91. The summed E-state index contributed by atoms with van der Waals surface area (Å²) in [6, 6.07) is 0. The highest BCUT2D eigenvalue weighted by atomic mass is 16.6. The molecule has 0 aliphatic rings. The molecule has 1 unspecified atom stereocenters. The number of hydrogen-bond acceptors (Lipinski definition) is 4. The molecule has 0 radical (unpaired) electrons. The molecule has 0 rings (SSSR count). The summed E-state index contributed by atoms with van der Waals surface area (Å²) in [6.45, 7) is 3.75. The van der Waals surface area contributed by atoms with Crippen LogP contribution in [0.25, 0.3) is 0 Å². The van der Waals surface area contributed by atoms with Gasteiger partial charge in [0.25, 0.3) is 0 Å². The van der Waals surface area contributed by atoms with Gasteiger partial charge in [-0.1, -0.05) is 0 Å². The van der Waals surface area contributed by atoms with E-state index in [2.05, 4.69) is 4.74 Å². The van der Waals surface area contributed by atoms with E-state index in [0.717, 1.165) is 0 Å². The third-order valence-corrected chi connectivity index (χ3v) is 1.39. The lowest BCUT2D eigenvalue weighted by molar-refractivity contribution is -0.164. The Kier molecular flexibility index (Phi) is 3.87. The van der Waals surface area contributed by atoms with E-state index >= 15 is 0 Å². The molecule has 0 heterocycles. The fraction of sp³-hybridized carbons (Fsp3) is 0.750. The van der Waals surface area contributed by atoms with Crippen molar-refractivity contribution >= 4 is 11.9 Å². The zero-order valence-electron chi connectivity index (χ0n) is 7.90. The van der Waals surface area contributed by atoms with Gasteiger partial charge in [0, 0.05) is 0 Å². The molecule has 5 heteroatoms. The van der Waals surface area contributed by atoms with Crippen LogP contribution in [-0.2, 0) is 14.3 Å². The maximum Gasteiger partial charge on any atom is 0.337 e. The molecule has 0 spiro atoms. The van der Waals surface area contributed by atoms with Crippen molar-refractivity contribution in [1.29, 1.82) is 0 Å². The van der Waals surface area contributed by atoms with Gasteiger partial charge in [0.2, 0.25) is 0 Å². The highest BCUT2D eigenvalue weighted by Gasteiger charge is 2.26. The van der Waals surface area contributed by atoms with Crippen molar-refractivity contribution in [3.8, 4) is 0 Å². The number of hydrogen-bond donors (Lipinski definition) is 2. The van der Waals surface area contributed by atoms with E-state index in [1.54, 1.807) is 0 Å². The van der Waals surface area contributed by atoms with Crippen LogP contribution in [0.3, 0.4) is 0 Å². The van der Waals surface area contributed by atoms with E-state index in [1.807, 2.05) is 0 Å². The van der Waals surface area contributed by atoms with Crippen molar-refractivity contribution in [3.63, 3.8) is 0 Å². The Morgan fingerprint density at radius 1 is 1.46 bits per heavy atom. The van der Waals surface area contributed by atoms with Crippen molar-refractivity contribution < 1.29 is 24.5 Å². The largest absolute Gasteiger partial charge is 0.481 e. The molecule has 5 nitrogen and oxygen atoms in total. The summed E-state index contributed by atoms with van der Waals surface area (Å²) >= 11 is 0. The lowest BCUT2D eigenvalue weighted by Gasteiger charge is -2.16. The number of carboxylic acids is 1. The molecule has 0 aromatic rings. The first-order valence-corrected chi connectivity index (χ1v) is 3.87. The molecule has 0 fully saturated rings. The van der Waals surface area contributed by atoms with Gasteiger partial charge in [0.05, 0.1) is 5.92 Å². The second kappa shape index (κ2) is 4.23. The normalized spacial score (nSPS) is 13.5. The fourth-order valence-corrected chi connectivity index (χ4v) is 0.449. The SMILES string of the molecule is CC(COC(=O)C(C)(C)O)C(=O)O. The highest BCUT2D eigenvalue weighted by Crippen LogP contribution is 2.05. The Morgan fingerprint density at radius 3 is 2.23 bits per heavy atom. The first kappa shape index (κ1) is 11.9. The first-order chi connectivity index (χ1) is 5.75. The molecule has 0 aromatic carbocycles. The molecule has 0 aliphatic carbocycles. The number of carbonyl (C=O) groups excluding carboxylic acids is 1. The molecule has 0 amide bonds. The summed E-state index contributed by atoms with van der Waals surface area (Å²) in [5.41, 5.74) is -1.57. The Morgan fingerprint density at radius 2 is 1.92 bits per heavy atom. The summed E-state index contributed by atoms with van der Waals surface area (Å²) < 4.78 is 4.56. The van der Waals surface area contributed by atoms with E-state index < -0.39 is 23.5 Å². The molecular formula is C8H14O5. The smallest absolute Gasteiger partial charge is 0.337 e. The Bertz CT molecular complexity index is 203. The summed E-state index contributed by atoms with van der Waals surface area (Å²) in [4.78, 5) is 21.2. The van der Waals surface area contributed by atoms with Crippen molar-refractivity contribution in [2.75, 3.05) is 6.61 Å². The van der Waals surface area contributed by atoms with Crippen LogP contribution in [-0.4, -0.2) is 34.4 Å². The summed E-state index contributed by atoms with van der Waals surface area (Å²) in [5, 5.41) is 17.6. The van der Waals surface area contributed by atoms with Crippen molar-refractivity contribution in [3.05, 3.63) is 0 Å². The monoisotopic (exact) mass is 190 g/mol. The van der Waals surface area contributed by atoms with Crippen molar-refractivity contribution in [1.82, 2.24) is 0 Å². The van der Waals surface area contributed by atoms with E-state index in [-0.39, 0.29) is 6.61 Å². The molecular weight excluding hydrogens is 176 g/mol. The van der Waals surface area contributed by atoms with Crippen LogP contribution in [0.5, 0.6) is 0 Å². The second-order valence-corrected chi connectivity index (χ2v) is 3.40. The molecule has 0 saturated carbocycles. The molecule has 13 heavy (non-hydrogen) atoms. The number of ether oxygens (including phenoxy) is 1. The van der Waals surface area contributed by atoms with Gasteiger partial charge >= 0.3 is 11.9 Å². The number of carboxylic acid groups (broad SMARTS) is 1. The minimum absolute atomic E-state index is 0.224. The van der Waals surface area contributed by atoms with Crippen LogP contribution in [0, 0.1) is 5.92 Å². The van der Waals surface area contributed by atoms with Gasteiger partial charge in [0.1, 0.15) is 6.61 Å². The number of aliphatic carboxylic acids is 1. The Labute approximate surface area is 76.3 Å². The molecule has 0 saturated heterocycles. The van der Waals surface area contributed by atoms with Crippen LogP contribution >= 0.6 is 0 Å². The maximum atomic E-state index is 10.9. The van der Waals surface area contributed by atoms with Gasteiger partial charge in [-0.25, -0.2) is 4.79 Å². The van der Waals surface area contributed by atoms with Gasteiger partial charge < -0.3 is 14.9 Å². The van der Waals surface area contributed by atoms with Gasteiger partial charge in [0.15, 0.2) is 5.60 Å². The zero-order valence-corrected chi connectivity index (χ0v) is 7.90. The summed E-state index contributed by atoms with van der Waals surface area (Å²) in [5.74, 6) is -2.62. The number of esters is 1. The molecule has 0 bridgehead atoms. The first-order valence-electron chi connectivity index (χ1n) is 3.87. The van der Waals surface area contributed by atoms with Gasteiger partial charge in [-0.2, -0.15) is 0 Å². The van der Waals surface area contributed by atoms with Crippen LogP contribution < -0.4 is 0 Å². The highest BCUT2D eigenvalue weighted by molar-refractivity contribution is 5.78. The predicted octanol–water partition coefficient (Wildman–Crippen LogP) is 0.0212. The van der Waals surface area contributed by atoms with Gasteiger partial charge in [-0.3, -0.25) is 4.79 Å². The van der Waals surface area contributed by atoms with Crippen molar-refractivity contribution in [2.45, 2.75) is 26.4 Å². The third kappa shape index (κ3) is 4.47. The molecule has 76 valence electrons. The second-order valence-electron chi connectivity index (χ2n) is 3.40. The van der Waals surface area contributed by atoms with Crippen molar-refractivity contribution in [2.24, 2.45) is 5.92 Å². The third-order valence-electron chi connectivity index (χ3n) is 1.39. The molecule has 2 N–H and O–H groups in total. The van der Waals surface area contributed by atoms with E-state index in [0.29, 0.717) is 0 Å². The average Bonchev–Trinajstić information content (AvgIpc) is 1.97. The van der Waals surface area contributed by atoms with E-state index in [4.69, 9.17) is 10.2 Å². The summed E-state index contributed by atoms with van der Waals surface area (Å²) in [7, 11) is 0. The molecule has 1 atom stereocenters. The van der Waals surface area contributed by atoms with Crippen LogP contribution in [0.1, 0.15) is 20.8 Å². The maximum absolute atomic E-state index is 10.9. The van der Waals surface area contributed by atoms with Gasteiger partial charge in [-0.15, -0.1) is 0 Å². The Hall–Kier alpha value is -1.10. The lowest BCUT2D eigenvalue weighted by Crippen LogP contribution is -2.34. The minimum Gasteiger partial charge on any atom is -0.481 e. The fourth-order valence-electron chi connectivity index (χ4n) is 0.449. The predicted molar refractivity (Wildman–Crippen MR) is 44.1 cm³/mol. The quantitative estimate of drug-likeness (QED) is 0.610. The lowest BCUT2D eigenvalue weighted by atomic mass is 10.1. The summed E-state index contributed by atoms with van der Waals surface area (Å²) in [6.07, 6.45) is 0. The van der Waals surface area contributed by atoms with E-state index in [1.165, 1.54) is 20.8 Å². The number of aliphatic hydroxyl groups is 1. The van der Waals surface area contributed by atoms with Crippen LogP contribution in [0.2, 0.25) is 0 Å². The minimum atomic E-state index is -1.57. The zero-order chi connectivity index (χ0) is 10.6. The molecule has 0 aromatic heterocycles. The number of rotatable bonds is 4. The standard InChI is InChI=1S/C8H14O5/c1-5(6(9)10)4-13-7(11)8(2,3)12/h5,12H,4H2,1-3H3,(H,9,10). The van der Waals surface area contributed by atoms with Crippen LogP contribution in [0.4, 0.5) is 0 Å². The average molecular weight is 190 g/mol. The molecule has 0 aliphatic heterocycles. The van der Waals surface area contributed by atoms with E-state index in [9.17, 15) is 9.59 Å². The topological polar surface area (TPSA) is 83.8 Å². The van der Waals surface area contributed by atoms with Gasteiger partial charge in [-0.05, 0) is 20.8 Å².